The maximum atomic E-state index is 12.6. The Morgan fingerprint density at radius 2 is 2.14 bits per heavy atom. The van der Waals surface area contributed by atoms with Crippen molar-refractivity contribution in [2.24, 2.45) is 0 Å². The molecule has 3 aromatic rings. The number of aromatic nitrogens is 3. The third kappa shape index (κ3) is 4.36. The number of carbonyl (C=O) groups excluding carboxylic acids is 1. The number of amides is 1. The van der Waals surface area contributed by atoms with Crippen molar-refractivity contribution in [2.75, 3.05) is 19.0 Å². The summed E-state index contributed by atoms with van der Waals surface area (Å²) in [7, 11) is 1.51. The average molecular weight is 514 g/mol. The van der Waals surface area contributed by atoms with Crippen molar-refractivity contribution < 1.29 is 9.53 Å². The summed E-state index contributed by atoms with van der Waals surface area (Å²) in [5.74, 6) is 0.883. The number of likely N-dealkylation sites (N-methyl/N-ethyl adjacent to an activating group) is 1. The molecule has 8 nitrogen and oxygen atoms in total. The Labute approximate surface area is 179 Å². The highest BCUT2D eigenvalue weighted by Crippen LogP contribution is 2.26. The first kappa shape index (κ1) is 20.3. The zero-order valence-electron chi connectivity index (χ0n) is 15.1. The number of nitrogens with zero attached hydrogens (tertiary/aromatic N) is 3. The van der Waals surface area contributed by atoms with Crippen LogP contribution < -0.4 is 20.9 Å². The van der Waals surface area contributed by atoms with Crippen LogP contribution >= 0.6 is 34.2 Å². The fraction of sp³-hybridized carbons (Fsp3) is 0.222. The molecule has 0 fully saturated rings. The quantitative estimate of drug-likeness (QED) is 0.388. The lowest BCUT2D eigenvalue weighted by Crippen LogP contribution is -2.28. The van der Waals surface area contributed by atoms with Gasteiger partial charge in [0.25, 0.3) is 11.5 Å². The van der Waals surface area contributed by atoms with Crippen LogP contribution in [0, 0.1) is 6.92 Å². The number of pyridine rings is 1. The average Bonchev–Trinajstić information content (AvgIpc) is 2.69. The van der Waals surface area contributed by atoms with Gasteiger partial charge >= 0.3 is 0 Å². The van der Waals surface area contributed by atoms with Gasteiger partial charge in [-0.2, -0.15) is 0 Å². The predicted octanol–water partition coefficient (Wildman–Crippen LogP) is 3.01. The van der Waals surface area contributed by atoms with Crippen LogP contribution in [-0.4, -0.2) is 34.1 Å². The van der Waals surface area contributed by atoms with Gasteiger partial charge in [0, 0.05) is 18.1 Å². The minimum Gasteiger partial charge on any atom is -0.478 e. The molecule has 0 aliphatic heterocycles. The molecule has 0 aliphatic carbocycles. The second-order valence-electron chi connectivity index (χ2n) is 5.84. The molecule has 0 radical (unpaired) electrons. The lowest BCUT2D eigenvalue weighted by molar-refractivity contribution is -0.122. The van der Waals surface area contributed by atoms with E-state index in [4.69, 9.17) is 16.3 Å². The zero-order valence-corrected chi connectivity index (χ0v) is 18.0. The molecule has 1 amide bonds. The Hall–Kier alpha value is -2.40. The SMILES string of the molecule is CNC(=O)COc1cc2cc(Nc3nc(C)ncc3Cl)ccc2n(CI)c1=O. The second kappa shape index (κ2) is 8.74. The predicted molar refractivity (Wildman–Crippen MR) is 117 cm³/mol. The van der Waals surface area contributed by atoms with Gasteiger partial charge in [0.1, 0.15) is 10.8 Å². The zero-order chi connectivity index (χ0) is 20.3. The molecule has 0 saturated carbocycles. The van der Waals surface area contributed by atoms with E-state index in [0.717, 1.165) is 16.6 Å². The van der Waals surface area contributed by atoms with Gasteiger partial charge in [-0.15, -0.1) is 0 Å². The number of benzene rings is 1. The number of hydrogen-bond acceptors (Lipinski definition) is 6. The van der Waals surface area contributed by atoms with E-state index in [2.05, 4.69) is 43.2 Å². The summed E-state index contributed by atoms with van der Waals surface area (Å²) >= 11 is 8.26. The summed E-state index contributed by atoms with van der Waals surface area (Å²) in [6, 6.07) is 7.16. The van der Waals surface area contributed by atoms with Crippen LogP contribution in [0.15, 0.2) is 35.3 Å². The largest absolute Gasteiger partial charge is 0.478 e. The highest BCUT2D eigenvalue weighted by molar-refractivity contribution is 14.1. The lowest BCUT2D eigenvalue weighted by Gasteiger charge is -2.13. The minimum absolute atomic E-state index is 0.112. The fourth-order valence-corrected chi connectivity index (χ4v) is 3.37. The normalized spacial score (nSPS) is 10.7. The summed E-state index contributed by atoms with van der Waals surface area (Å²) in [5.41, 5.74) is 1.20. The maximum absolute atomic E-state index is 12.6. The number of ether oxygens (including phenoxy) is 1. The number of nitrogens with one attached hydrogen (secondary N) is 2. The van der Waals surface area contributed by atoms with E-state index in [1.54, 1.807) is 17.6 Å². The smallest absolute Gasteiger partial charge is 0.294 e. The first-order valence-corrected chi connectivity index (χ1v) is 10.2. The van der Waals surface area contributed by atoms with Crippen molar-refractivity contribution in [3.05, 3.63) is 51.7 Å². The Balaban J connectivity index is 2.02. The number of carbonyl (C=O) groups is 1. The van der Waals surface area contributed by atoms with Crippen molar-refractivity contribution in [1.29, 1.82) is 0 Å². The monoisotopic (exact) mass is 513 g/mol. The Morgan fingerprint density at radius 1 is 1.36 bits per heavy atom. The summed E-state index contributed by atoms with van der Waals surface area (Å²) in [5, 5.41) is 6.79. The number of hydrogen-bond donors (Lipinski definition) is 2. The molecule has 0 spiro atoms. The van der Waals surface area contributed by atoms with E-state index in [1.807, 2.05) is 18.2 Å². The highest BCUT2D eigenvalue weighted by atomic mass is 127. The number of halogens is 2. The van der Waals surface area contributed by atoms with E-state index in [0.29, 0.717) is 21.2 Å². The van der Waals surface area contributed by atoms with E-state index in [-0.39, 0.29) is 23.8 Å². The molecule has 2 N–H and O–H groups in total. The number of aryl methyl sites for hydroxylation is 1. The summed E-state index contributed by atoms with van der Waals surface area (Å²) in [4.78, 5) is 32.4. The van der Waals surface area contributed by atoms with E-state index < -0.39 is 0 Å². The Bertz CT molecular complexity index is 1100. The van der Waals surface area contributed by atoms with Crippen LogP contribution in [0.4, 0.5) is 11.5 Å². The van der Waals surface area contributed by atoms with Crippen LogP contribution in [0.1, 0.15) is 5.82 Å². The fourth-order valence-electron chi connectivity index (χ4n) is 2.56. The van der Waals surface area contributed by atoms with E-state index >= 15 is 0 Å². The molecule has 0 bridgehead atoms. The standard InChI is InChI=1S/C18H17ClIN5O3/c1-10-22-7-13(19)17(23-10)24-12-3-4-14-11(5-12)6-15(18(27)25(14)9-20)28-8-16(26)21-2/h3-7H,8-9H2,1-2H3,(H,21,26)(H,22,23,24). The van der Waals surface area contributed by atoms with E-state index in [9.17, 15) is 9.59 Å². The molecule has 0 saturated heterocycles. The molecule has 1 aromatic carbocycles. The molecule has 0 aliphatic rings. The highest BCUT2D eigenvalue weighted by Gasteiger charge is 2.12. The third-order valence-electron chi connectivity index (χ3n) is 3.95. The van der Waals surface area contributed by atoms with Crippen molar-refractivity contribution in [3.8, 4) is 5.75 Å². The van der Waals surface area contributed by atoms with Gasteiger partial charge in [0.05, 0.1) is 16.3 Å². The topological polar surface area (TPSA) is 98.1 Å². The van der Waals surface area contributed by atoms with Gasteiger partial charge in [-0.25, -0.2) is 9.97 Å². The molecule has 2 heterocycles. The summed E-state index contributed by atoms with van der Waals surface area (Å²) in [6.45, 7) is 1.54. The molecular formula is C18H17ClIN5O3. The van der Waals surface area contributed by atoms with Crippen molar-refractivity contribution in [1.82, 2.24) is 19.9 Å². The Kier molecular flexibility index (Phi) is 6.35. The molecule has 10 heteroatoms. The van der Waals surface area contributed by atoms with Crippen LogP contribution in [-0.2, 0) is 9.35 Å². The number of fused-ring (bicyclic) bond motifs is 1. The van der Waals surface area contributed by atoms with Gasteiger partial charge in [-0.05, 0) is 31.2 Å². The van der Waals surface area contributed by atoms with Crippen molar-refractivity contribution >= 4 is 62.5 Å². The molecule has 0 atom stereocenters. The van der Waals surface area contributed by atoms with Gasteiger partial charge in [0.2, 0.25) is 0 Å². The third-order valence-corrected chi connectivity index (χ3v) is 4.90. The summed E-state index contributed by atoms with van der Waals surface area (Å²) < 4.78 is 7.44. The van der Waals surface area contributed by atoms with Crippen molar-refractivity contribution in [2.45, 2.75) is 11.5 Å². The van der Waals surface area contributed by atoms with E-state index in [1.165, 1.54) is 13.2 Å². The number of alkyl halides is 1. The van der Waals surface area contributed by atoms with Gasteiger partial charge in [-0.3, -0.25) is 14.2 Å². The molecular weight excluding hydrogens is 497 g/mol. The maximum Gasteiger partial charge on any atom is 0.294 e. The van der Waals surface area contributed by atoms with Gasteiger partial charge < -0.3 is 15.4 Å². The second-order valence-corrected chi connectivity index (χ2v) is 6.92. The van der Waals surface area contributed by atoms with Crippen LogP contribution in [0.25, 0.3) is 10.9 Å². The first-order valence-electron chi connectivity index (χ1n) is 8.26. The van der Waals surface area contributed by atoms with Crippen LogP contribution in [0.2, 0.25) is 5.02 Å². The van der Waals surface area contributed by atoms with Gasteiger partial charge in [0.15, 0.2) is 18.2 Å². The molecule has 0 unspecified atom stereocenters. The van der Waals surface area contributed by atoms with Crippen LogP contribution in [0.5, 0.6) is 5.75 Å². The lowest BCUT2D eigenvalue weighted by atomic mass is 10.2. The molecule has 2 aromatic heterocycles. The van der Waals surface area contributed by atoms with Crippen molar-refractivity contribution in [3.63, 3.8) is 0 Å². The number of rotatable bonds is 6. The number of anilines is 2. The summed E-state index contributed by atoms with van der Waals surface area (Å²) in [6.07, 6.45) is 1.53. The van der Waals surface area contributed by atoms with Gasteiger partial charge in [-0.1, -0.05) is 34.2 Å². The first-order chi connectivity index (χ1) is 13.4. The molecule has 146 valence electrons. The molecule has 3 rings (SSSR count). The minimum atomic E-state index is -0.315. The Morgan fingerprint density at radius 3 is 2.86 bits per heavy atom. The van der Waals surface area contributed by atoms with Crippen LogP contribution in [0.3, 0.4) is 0 Å². The molecule has 28 heavy (non-hydrogen) atoms.